The Labute approximate surface area is 138 Å². The molecule has 0 spiro atoms. The second-order valence-electron chi connectivity index (χ2n) is 5.29. The second kappa shape index (κ2) is 6.72. The van der Waals surface area contributed by atoms with Crippen LogP contribution in [0.2, 0.25) is 0 Å². The summed E-state index contributed by atoms with van der Waals surface area (Å²) in [4.78, 5) is 4.34. The summed E-state index contributed by atoms with van der Waals surface area (Å²) in [5.74, 6) is 0.804. The Bertz CT molecular complexity index is 884. The summed E-state index contributed by atoms with van der Waals surface area (Å²) in [5.41, 5.74) is 4.44. The quantitative estimate of drug-likeness (QED) is 0.698. The highest BCUT2D eigenvalue weighted by Crippen LogP contribution is 2.33. The van der Waals surface area contributed by atoms with Crippen molar-refractivity contribution in [2.45, 2.75) is 6.42 Å². The Morgan fingerprint density at radius 2 is 1.79 bits per heavy atom. The van der Waals surface area contributed by atoms with Crippen LogP contribution in [-0.2, 0) is 6.42 Å². The van der Waals surface area contributed by atoms with E-state index in [2.05, 4.69) is 4.98 Å². The summed E-state index contributed by atoms with van der Waals surface area (Å²) in [6, 6.07) is 10.0. The van der Waals surface area contributed by atoms with E-state index in [1.54, 1.807) is 38.6 Å². The van der Waals surface area contributed by atoms with Crippen LogP contribution in [0.4, 0.5) is 10.1 Å². The fourth-order valence-electron chi connectivity index (χ4n) is 2.65. The van der Waals surface area contributed by atoms with Crippen LogP contribution in [-0.4, -0.2) is 24.4 Å². The molecule has 0 saturated carbocycles. The van der Waals surface area contributed by atoms with Crippen molar-refractivity contribution in [2.75, 3.05) is 19.7 Å². The van der Waals surface area contributed by atoms with Crippen LogP contribution in [0.5, 0.6) is 11.5 Å². The number of pyridine rings is 1. The summed E-state index contributed by atoms with van der Waals surface area (Å²) < 4.78 is 24.8. The maximum atomic E-state index is 14.2. The van der Waals surface area contributed by atoms with E-state index in [1.165, 1.54) is 6.07 Å². The van der Waals surface area contributed by atoms with E-state index in [0.717, 1.165) is 16.5 Å². The molecule has 6 heteroatoms. The van der Waals surface area contributed by atoms with E-state index in [4.69, 9.17) is 14.7 Å². The van der Waals surface area contributed by atoms with Crippen molar-refractivity contribution in [1.29, 1.82) is 0 Å². The topological polar surface area (TPSA) is 63.6 Å². The molecule has 1 aromatic heterocycles. The van der Waals surface area contributed by atoms with E-state index in [-0.39, 0.29) is 5.82 Å². The number of nitrogens with one attached hydrogen (secondary N) is 1. The zero-order valence-electron chi connectivity index (χ0n) is 13.3. The largest absolute Gasteiger partial charge is 0.493 e. The van der Waals surface area contributed by atoms with Crippen molar-refractivity contribution >= 4 is 16.6 Å². The van der Waals surface area contributed by atoms with Crippen LogP contribution in [0.1, 0.15) is 11.1 Å². The molecule has 0 aliphatic carbocycles. The molecule has 0 atom stereocenters. The van der Waals surface area contributed by atoms with Crippen molar-refractivity contribution in [2.24, 2.45) is 0 Å². The Morgan fingerprint density at radius 3 is 2.46 bits per heavy atom. The molecule has 0 saturated heterocycles. The standard InChI is InChI=1S/C18H17FN2O3/c1-23-17-9-14-11(5-6-20-16(14)10-18(17)24-2)7-12-3-4-13(21-22)8-15(12)19/h3-6,8-10,21-22H,7H2,1-2H3. The van der Waals surface area contributed by atoms with Gasteiger partial charge in [0.1, 0.15) is 5.82 Å². The van der Waals surface area contributed by atoms with Gasteiger partial charge in [0.2, 0.25) is 0 Å². The molecule has 0 fully saturated rings. The first-order valence-corrected chi connectivity index (χ1v) is 7.34. The average molecular weight is 328 g/mol. The number of methoxy groups -OCH3 is 2. The van der Waals surface area contributed by atoms with E-state index in [0.29, 0.717) is 29.2 Å². The molecule has 0 aliphatic heterocycles. The zero-order chi connectivity index (χ0) is 17.1. The molecule has 1 heterocycles. The van der Waals surface area contributed by atoms with E-state index in [1.807, 2.05) is 17.6 Å². The molecule has 3 aromatic rings. The van der Waals surface area contributed by atoms with Gasteiger partial charge in [0.05, 0.1) is 25.4 Å². The summed E-state index contributed by atoms with van der Waals surface area (Å²) in [6.07, 6.45) is 2.08. The Morgan fingerprint density at radius 1 is 1.04 bits per heavy atom. The summed E-state index contributed by atoms with van der Waals surface area (Å²) in [7, 11) is 3.14. The highest BCUT2D eigenvalue weighted by molar-refractivity contribution is 5.86. The molecular weight excluding hydrogens is 311 g/mol. The van der Waals surface area contributed by atoms with Gasteiger partial charge >= 0.3 is 0 Å². The van der Waals surface area contributed by atoms with Crippen LogP contribution in [0.15, 0.2) is 42.6 Å². The predicted octanol–water partition coefficient (Wildman–Crippen LogP) is 3.78. The average Bonchev–Trinajstić information content (AvgIpc) is 2.62. The fraction of sp³-hybridized carbons (Fsp3) is 0.167. The molecule has 2 aromatic carbocycles. The molecule has 0 bridgehead atoms. The third-order valence-electron chi connectivity index (χ3n) is 3.90. The first-order valence-electron chi connectivity index (χ1n) is 7.34. The van der Waals surface area contributed by atoms with Gasteiger partial charge in [0, 0.05) is 24.1 Å². The van der Waals surface area contributed by atoms with Gasteiger partial charge in [-0.1, -0.05) is 6.07 Å². The highest BCUT2D eigenvalue weighted by atomic mass is 19.1. The van der Waals surface area contributed by atoms with Gasteiger partial charge in [-0.05, 0) is 35.4 Å². The number of nitrogens with zero attached hydrogens (tertiary/aromatic N) is 1. The van der Waals surface area contributed by atoms with Gasteiger partial charge in [0.25, 0.3) is 0 Å². The Balaban J connectivity index is 2.06. The molecule has 124 valence electrons. The van der Waals surface area contributed by atoms with Crippen LogP contribution in [0.25, 0.3) is 10.9 Å². The monoisotopic (exact) mass is 328 g/mol. The maximum absolute atomic E-state index is 14.2. The van der Waals surface area contributed by atoms with Crippen LogP contribution in [0.3, 0.4) is 0 Å². The molecule has 0 radical (unpaired) electrons. The van der Waals surface area contributed by atoms with Gasteiger partial charge in [-0.2, -0.15) is 0 Å². The summed E-state index contributed by atoms with van der Waals surface area (Å²) >= 11 is 0. The maximum Gasteiger partial charge on any atom is 0.162 e. The van der Waals surface area contributed by atoms with Crippen LogP contribution < -0.4 is 15.0 Å². The summed E-state index contributed by atoms with van der Waals surface area (Å²) in [5, 5.41) is 9.71. The fourth-order valence-corrected chi connectivity index (χ4v) is 2.65. The first kappa shape index (κ1) is 16.0. The minimum Gasteiger partial charge on any atom is -0.493 e. The van der Waals surface area contributed by atoms with Gasteiger partial charge in [0.15, 0.2) is 11.5 Å². The normalized spacial score (nSPS) is 10.7. The lowest BCUT2D eigenvalue weighted by Crippen LogP contribution is -1.98. The van der Waals surface area contributed by atoms with Crippen molar-refractivity contribution in [3.05, 3.63) is 59.5 Å². The van der Waals surface area contributed by atoms with E-state index >= 15 is 0 Å². The molecule has 24 heavy (non-hydrogen) atoms. The van der Waals surface area contributed by atoms with E-state index < -0.39 is 0 Å². The number of ether oxygens (including phenoxy) is 2. The van der Waals surface area contributed by atoms with Gasteiger partial charge in [-0.3, -0.25) is 15.7 Å². The molecule has 2 N–H and O–H groups in total. The number of hydrogen-bond donors (Lipinski definition) is 2. The number of hydrogen-bond acceptors (Lipinski definition) is 5. The van der Waals surface area contributed by atoms with Gasteiger partial charge in [-0.15, -0.1) is 0 Å². The predicted molar refractivity (Wildman–Crippen MR) is 89.5 cm³/mol. The van der Waals surface area contributed by atoms with Gasteiger partial charge in [-0.25, -0.2) is 4.39 Å². The van der Waals surface area contributed by atoms with Gasteiger partial charge < -0.3 is 9.47 Å². The molecule has 3 rings (SSSR count). The second-order valence-corrected chi connectivity index (χ2v) is 5.29. The minimum atomic E-state index is -0.389. The third-order valence-corrected chi connectivity index (χ3v) is 3.90. The molecule has 0 amide bonds. The number of fused-ring (bicyclic) bond motifs is 1. The van der Waals surface area contributed by atoms with Crippen molar-refractivity contribution in [3.63, 3.8) is 0 Å². The smallest absolute Gasteiger partial charge is 0.162 e. The van der Waals surface area contributed by atoms with Crippen molar-refractivity contribution in [1.82, 2.24) is 4.98 Å². The highest BCUT2D eigenvalue weighted by Gasteiger charge is 2.12. The Hall–Kier alpha value is -2.86. The number of anilines is 1. The molecule has 0 unspecified atom stereocenters. The molecule has 0 aliphatic rings. The first-order chi connectivity index (χ1) is 11.7. The minimum absolute atomic E-state index is 0.308. The number of aromatic nitrogens is 1. The lowest BCUT2D eigenvalue weighted by Gasteiger charge is -2.12. The van der Waals surface area contributed by atoms with Crippen LogP contribution >= 0.6 is 0 Å². The molecular formula is C18H17FN2O3. The van der Waals surface area contributed by atoms with Crippen molar-refractivity contribution in [3.8, 4) is 11.5 Å². The molecule has 5 nitrogen and oxygen atoms in total. The van der Waals surface area contributed by atoms with E-state index in [9.17, 15) is 4.39 Å². The lowest BCUT2D eigenvalue weighted by atomic mass is 10.00. The number of rotatable bonds is 5. The Kier molecular flexibility index (Phi) is 4.48. The van der Waals surface area contributed by atoms with Crippen LogP contribution in [0, 0.1) is 5.82 Å². The number of halogens is 1. The SMILES string of the molecule is COc1cc2nccc(Cc3ccc(NO)cc3F)c2cc1OC. The zero-order valence-corrected chi connectivity index (χ0v) is 13.3. The lowest BCUT2D eigenvalue weighted by molar-refractivity contribution is 0.356. The third kappa shape index (κ3) is 2.96. The number of benzene rings is 2. The summed E-state index contributed by atoms with van der Waals surface area (Å²) in [6.45, 7) is 0. The van der Waals surface area contributed by atoms with Crippen molar-refractivity contribution < 1.29 is 19.1 Å².